The van der Waals surface area contributed by atoms with Crippen LogP contribution in [0.3, 0.4) is 0 Å². The number of hydrogen-bond acceptors (Lipinski definition) is 8. The van der Waals surface area contributed by atoms with E-state index < -0.39 is 60.6 Å². The zero-order valence-corrected chi connectivity index (χ0v) is 22.0. The van der Waals surface area contributed by atoms with Crippen LogP contribution in [0.25, 0.3) is 0 Å². The third kappa shape index (κ3) is 6.01. The van der Waals surface area contributed by atoms with Crippen molar-refractivity contribution in [3.05, 3.63) is 33.8 Å². The maximum Gasteiger partial charge on any atom is 0.499 e. The minimum absolute atomic E-state index is 0.0141. The van der Waals surface area contributed by atoms with Gasteiger partial charge in [0.1, 0.15) is 11.4 Å². The van der Waals surface area contributed by atoms with Crippen LogP contribution in [0.15, 0.2) is 18.2 Å². The molecule has 13 heteroatoms. The van der Waals surface area contributed by atoms with E-state index in [0.717, 1.165) is 0 Å². The van der Waals surface area contributed by atoms with E-state index in [0.29, 0.717) is 11.4 Å². The Kier molecular flexibility index (Phi) is 8.37. The van der Waals surface area contributed by atoms with Gasteiger partial charge in [-0.2, -0.15) is 0 Å². The number of rotatable bonds is 10. The molecule has 0 spiro atoms. The summed E-state index contributed by atoms with van der Waals surface area (Å²) in [4.78, 5) is 64.5. The van der Waals surface area contributed by atoms with Crippen LogP contribution in [-0.2, 0) is 33.1 Å². The minimum Gasteiger partial charge on any atom is -0.633 e. The first kappa shape index (κ1) is 28.0. The van der Waals surface area contributed by atoms with E-state index >= 15 is 0 Å². The molecular weight excluding hydrogens is 514 g/mol. The van der Waals surface area contributed by atoms with Gasteiger partial charge in [0.2, 0.25) is 5.91 Å². The monoisotopic (exact) mass is 541 g/mol. The Morgan fingerprint density at radius 1 is 1.17 bits per heavy atom. The highest BCUT2D eigenvalue weighted by molar-refractivity contribution is 6.68. The first-order chi connectivity index (χ1) is 16.8. The van der Waals surface area contributed by atoms with Gasteiger partial charge in [-0.3, -0.25) is 24.0 Å². The van der Waals surface area contributed by atoms with Gasteiger partial charge >= 0.3 is 6.75 Å². The number of nitrogens with zero attached hydrogens (tertiary/aromatic N) is 1. The van der Waals surface area contributed by atoms with Crippen LogP contribution in [0.5, 0.6) is 0 Å². The molecule has 2 bridgehead atoms. The molecule has 0 radical (unpaired) electrons. The van der Waals surface area contributed by atoms with Gasteiger partial charge in [-0.1, -0.05) is 49.3 Å². The van der Waals surface area contributed by atoms with Gasteiger partial charge in [0, 0.05) is 19.1 Å². The molecule has 2 saturated heterocycles. The molecule has 2 heterocycles. The number of fused-ring (bicyclic) bond motifs is 2. The Morgan fingerprint density at radius 2 is 1.86 bits per heavy atom. The van der Waals surface area contributed by atoms with Crippen molar-refractivity contribution in [2.75, 3.05) is 20.6 Å². The standard InChI is InChI=1S/C23H28BCl2N2O8/c1-13(2)7-14(8-16(29)12-27-21(32)17-9-15(25)5-6-18(17)26)24-34-20(31)11-23(36-24,22(33)35-24)10-19(30)28(3)4/h5-6,9,13-14H,7-8,10-12H2,1-4H3,(H,27,32)/q-1/t14?,23-,24?/m0/s1. The molecule has 3 atom stereocenters. The largest absolute Gasteiger partial charge is 0.633 e. The van der Waals surface area contributed by atoms with E-state index in [1.165, 1.54) is 37.2 Å². The summed E-state index contributed by atoms with van der Waals surface area (Å²) < 4.78 is 17.0. The van der Waals surface area contributed by atoms with Crippen LogP contribution in [0.4, 0.5) is 0 Å². The molecule has 2 amide bonds. The molecule has 10 nitrogen and oxygen atoms in total. The molecule has 1 aromatic carbocycles. The van der Waals surface area contributed by atoms with Crippen molar-refractivity contribution in [1.82, 2.24) is 10.2 Å². The van der Waals surface area contributed by atoms with E-state index in [-0.39, 0.29) is 29.5 Å². The van der Waals surface area contributed by atoms with E-state index in [4.69, 9.17) is 37.2 Å². The summed E-state index contributed by atoms with van der Waals surface area (Å²) in [5.41, 5.74) is -1.69. The van der Waals surface area contributed by atoms with Gasteiger partial charge in [-0.05, 0) is 30.5 Å². The van der Waals surface area contributed by atoms with Crippen LogP contribution in [0.1, 0.15) is 49.9 Å². The third-order valence-electron chi connectivity index (χ3n) is 6.15. The van der Waals surface area contributed by atoms with Gasteiger partial charge in [0.25, 0.3) is 17.8 Å². The van der Waals surface area contributed by atoms with Crippen LogP contribution in [0.2, 0.25) is 15.9 Å². The number of hydrogen-bond donors (Lipinski definition) is 1. The molecule has 2 aliphatic heterocycles. The lowest BCUT2D eigenvalue weighted by Crippen LogP contribution is -2.56. The van der Waals surface area contributed by atoms with Crippen LogP contribution >= 0.6 is 23.2 Å². The predicted octanol–water partition coefficient (Wildman–Crippen LogP) is 2.78. The highest BCUT2D eigenvalue weighted by atomic mass is 35.5. The summed E-state index contributed by atoms with van der Waals surface area (Å²) >= 11 is 12.0. The molecule has 3 rings (SSSR count). The van der Waals surface area contributed by atoms with E-state index in [9.17, 15) is 24.0 Å². The number of amides is 2. The Bertz CT molecular complexity index is 1100. The number of carbonyl (C=O) groups excluding carboxylic acids is 5. The van der Waals surface area contributed by atoms with Crippen molar-refractivity contribution in [2.45, 2.75) is 50.9 Å². The molecule has 0 saturated carbocycles. The molecular formula is C23H28BCl2N2O8-. The Hall–Kier alpha value is -2.63. The molecule has 2 unspecified atom stereocenters. The first-order valence-corrected chi connectivity index (χ1v) is 12.3. The molecule has 1 N–H and O–H groups in total. The van der Waals surface area contributed by atoms with Gasteiger partial charge in [-0.25, -0.2) is 0 Å². The summed E-state index contributed by atoms with van der Waals surface area (Å²) in [5.74, 6) is -3.83. The summed E-state index contributed by atoms with van der Waals surface area (Å²) in [6.45, 7) is 0.436. The first-order valence-electron chi connectivity index (χ1n) is 11.5. The highest BCUT2D eigenvalue weighted by Gasteiger charge is 2.64. The van der Waals surface area contributed by atoms with Gasteiger partial charge in [0.05, 0.1) is 30.0 Å². The smallest absolute Gasteiger partial charge is 0.499 e. The molecule has 196 valence electrons. The number of nitrogens with one attached hydrogen (secondary N) is 1. The predicted molar refractivity (Wildman–Crippen MR) is 131 cm³/mol. The third-order valence-corrected chi connectivity index (χ3v) is 6.72. The summed E-state index contributed by atoms with van der Waals surface area (Å²) in [7, 11) is 3.04. The van der Waals surface area contributed by atoms with Crippen molar-refractivity contribution >= 4 is 59.5 Å². The van der Waals surface area contributed by atoms with Crippen molar-refractivity contribution in [2.24, 2.45) is 5.92 Å². The molecule has 0 aromatic heterocycles. The fourth-order valence-corrected chi connectivity index (χ4v) is 4.82. The molecule has 0 aliphatic carbocycles. The fourth-order valence-electron chi connectivity index (χ4n) is 4.44. The Morgan fingerprint density at radius 3 is 2.50 bits per heavy atom. The normalized spacial score (nSPS) is 23.6. The summed E-state index contributed by atoms with van der Waals surface area (Å²) in [6.07, 6.45) is -0.748. The lowest BCUT2D eigenvalue weighted by atomic mass is 9.57. The second kappa shape index (κ2) is 10.8. The number of ketones is 1. The topological polar surface area (TPSA) is 128 Å². The fraction of sp³-hybridized carbons (Fsp3) is 0.522. The molecule has 2 aliphatic rings. The summed E-state index contributed by atoms with van der Waals surface area (Å²) in [5, 5.41) is 2.99. The second-order valence-corrected chi connectivity index (χ2v) is 10.6. The van der Waals surface area contributed by atoms with E-state index in [1.54, 1.807) is 0 Å². The van der Waals surface area contributed by atoms with Crippen LogP contribution < -0.4 is 5.32 Å². The lowest BCUT2D eigenvalue weighted by Gasteiger charge is -2.46. The zero-order valence-electron chi connectivity index (χ0n) is 20.5. The van der Waals surface area contributed by atoms with Crippen molar-refractivity contribution in [1.29, 1.82) is 0 Å². The second-order valence-electron chi connectivity index (χ2n) is 9.79. The SMILES string of the molecule is CC(C)CC(CC(=O)CNC(=O)c1cc(Cl)ccc1Cl)[B-]12OC(=O)C[C@](CC(=O)N(C)C)(O1)C(=O)O2. The average Bonchev–Trinajstić information content (AvgIpc) is 2.98. The van der Waals surface area contributed by atoms with Crippen molar-refractivity contribution in [3.8, 4) is 0 Å². The number of carbonyl (C=O) groups is 5. The number of benzene rings is 1. The van der Waals surface area contributed by atoms with Gasteiger partial charge in [-0.15, -0.1) is 0 Å². The van der Waals surface area contributed by atoms with Crippen LogP contribution in [0, 0.1) is 5.92 Å². The van der Waals surface area contributed by atoms with E-state index in [2.05, 4.69) is 5.32 Å². The van der Waals surface area contributed by atoms with E-state index in [1.807, 2.05) is 13.8 Å². The van der Waals surface area contributed by atoms with Crippen molar-refractivity contribution < 1.29 is 37.9 Å². The average molecular weight is 542 g/mol. The lowest BCUT2D eigenvalue weighted by molar-refractivity contribution is -0.158. The van der Waals surface area contributed by atoms with Gasteiger partial charge < -0.3 is 24.2 Å². The number of Topliss-reactive ketones (excluding diaryl/α,β-unsaturated/α-hetero) is 1. The minimum atomic E-state index is -2.98. The summed E-state index contributed by atoms with van der Waals surface area (Å²) in [6, 6.07) is 4.39. The maximum atomic E-state index is 12.9. The Balaban J connectivity index is 1.77. The molecule has 1 aromatic rings. The maximum absolute atomic E-state index is 12.9. The highest BCUT2D eigenvalue weighted by Crippen LogP contribution is 2.48. The quantitative estimate of drug-likeness (QED) is 0.448. The number of halogens is 2. The zero-order chi connectivity index (χ0) is 26.8. The molecule has 2 fully saturated rings. The van der Waals surface area contributed by atoms with Crippen LogP contribution in [-0.4, -0.2) is 67.4 Å². The Labute approximate surface area is 218 Å². The van der Waals surface area contributed by atoms with Crippen molar-refractivity contribution in [3.63, 3.8) is 0 Å². The van der Waals surface area contributed by atoms with Gasteiger partial charge in [0.15, 0.2) is 0 Å². The molecule has 36 heavy (non-hydrogen) atoms.